The van der Waals surface area contributed by atoms with Crippen molar-refractivity contribution in [3.63, 3.8) is 0 Å². The molecule has 2 aromatic rings. The second-order valence-electron chi connectivity index (χ2n) is 8.77. The zero-order valence-corrected chi connectivity index (χ0v) is 22.2. The number of hydrogen-bond acceptors (Lipinski definition) is 5. The lowest BCUT2D eigenvalue weighted by Crippen LogP contribution is -2.25. The Hall–Kier alpha value is -3.74. The topological polar surface area (TPSA) is 69.2 Å². The number of rotatable bonds is 10. The lowest BCUT2D eigenvalue weighted by atomic mass is 10.1. The highest BCUT2D eigenvalue weighted by atomic mass is 16.5. The highest BCUT2D eigenvalue weighted by Gasteiger charge is 2.24. The minimum absolute atomic E-state index is 0.174. The number of carbonyl (C=O) groups is 1. The number of fused-ring (bicyclic) bond motifs is 1. The quantitative estimate of drug-likeness (QED) is 0.309. The van der Waals surface area contributed by atoms with Gasteiger partial charge in [-0.15, -0.1) is 0 Å². The lowest BCUT2D eigenvalue weighted by Gasteiger charge is -2.25. The molecular formula is C29H39N5O2. The summed E-state index contributed by atoms with van der Waals surface area (Å²) >= 11 is 0. The number of benzene rings is 2. The summed E-state index contributed by atoms with van der Waals surface area (Å²) in [5.41, 5.74) is 4.69. The van der Waals surface area contributed by atoms with Crippen LogP contribution in [0.2, 0.25) is 0 Å². The van der Waals surface area contributed by atoms with E-state index in [0.717, 1.165) is 55.2 Å². The van der Waals surface area contributed by atoms with Gasteiger partial charge in [-0.05, 0) is 51.0 Å². The highest BCUT2D eigenvalue weighted by molar-refractivity contribution is 6.03. The Morgan fingerprint density at radius 1 is 1.17 bits per heavy atom. The number of unbranched alkanes of at least 4 members (excludes halogenated alkanes) is 1. The van der Waals surface area contributed by atoms with Crippen LogP contribution in [0.3, 0.4) is 0 Å². The molecule has 0 saturated carbocycles. The van der Waals surface area contributed by atoms with Gasteiger partial charge in [0.25, 0.3) is 5.91 Å². The van der Waals surface area contributed by atoms with Gasteiger partial charge < -0.3 is 25.2 Å². The molecule has 2 aromatic carbocycles. The van der Waals surface area contributed by atoms with Crippen LogP contribution in [-0.2, 0) is 0 Å². The summed E-state index contributed by atoms with van der Waals surface area (Å²) in [6, 6.07) is 13.8. The first-order chi connectivity index (χ1) is 17.4. The average Bonchev–Trinajstić information content (AvgIpc) is 2.99. The summed E-state index contributed by atoms with van der Waals surface area (Å²) in [6.07, 6.45) is 5.06. The van der Waals surface area contributed by atoms with Gasteiger partial charge in [0.05, 0.1) is 41.6 Å². The van der Waals surface area contributed by atoms with E-state index in [1.807, 2.05) is 49.1 Å². The molecule has 1 amide bonds. The van der Waals surface area contributed by atoms with Crippen molar-refractivity contribution in [2.45, 2.75) is 47.0 Å². The van der Waals surface area contributed by atoms with E-state index in [0.29, 0.717) is 29.3 Å². The van der Waals surface area contributed by atoms with E-state index < -0.39 is 0 Å². The molecule has 2 N–H and O–H groups in total. The van der Waals surface area contributed by atoms with Crippen LogP contribution in [0.5, 0.6) is 5.75 Å². The molecule has 0 aliphatic carbocycles. The number of nitrogens with one attached hydrogen (secondary N) is 2. The zero-order valence-electron chi connectivity index (χ0n) is 22.2. The zero-order chi connectivity index (χ0) is 26.1. The number of ether oxygens (including phenoxy) is 1. The Kier molecular flexibility index (Phi) is 9.56. The van der Waals surface area contributed by atoms with Gasteiger partial charge in [0.1, 0.15) is 11.6 Å². The van der Waals surface area contributed by atoms with E-state index in [1.54, 1.807) is 13.3 Å². The SMILES string of the molecule is C=C1/C(=C\N=C(/C)Nc2ccc(N(CCC)CCCC)cc2OC)NC(=O)c2ccccc2N1CC. The predicted octanol–water partition coefficient (Wildman–Crippen LogP) is 6.17. The fraction of sp³-hybridized carbons (Fsp3) is 0.379. The molecule has 0 atom stereocenters. The highest BCUT2D eigenvalue weighted by Crippen LogP contribution is 2.31. The van der Waals surface area contributed by atoms with E-state index in [1.165, 1.54) is 0 Å². The molecule has 1 aliphatic heterocycles. The van der Waals surface area contributed by atoms with Crippen LogP contribution in [0.25, 0.3) is 0 Å². The van der Waals surface area contributed by atoms with Crippen LogP contribution in [0, 0.1) is 0 Å². The molecule has 0 aromatic heterocycles. The Labute approximate surface area is 215 Å². The van der Waals surface area contributed by atoms with Crippen molar-refractivity contribution >= 4 is 28.8 Å². The molecule has 0 unspecified atom stereocenters. The number of para-hydroxylation sites is 1. The van der Waals surface area contributed by atoms with Gasteiger partial charge in [0, 0.05) is 31.4 Å². The Bertz CT molecular complexity index is 1140. The van der Waals surface area contributed by atoms with Crippen LogP contribution in [0.1, 0.15) is 57.3 Å². The van der Waals surface area contributed by atoms with Crippen LogP contribution in [0.4, 0.5) is 17.1 Å². The van der Waals surface area contributed by atoms with Gasteiger partial charge >= 0.3 is 0 Å². The Balaban J connectivity index is 1.82. The number of anilines is 3. The van der Waals surface area contributed by atoms with E-state index in [2.05, 4.69) is 53.1 Å². The standard InChI is InChI=1S/C29H39N5O2/c1-7-10-18-33(17-8-2)23-15-16-25(28(19-23)36-6)31-22(5)30-20-26-21(4)34(9-3)27-14-12-11-13-24(27)29(35)32-26/h11-16,19-20H,4,7-10,17-18H2,1-3,5-6H3,(H,30,31)(H,32,35)/b26-20+. The van der Waals surface area contributed by atoms with Gasteiger partial charge in [0.15, 0.2) is 0 Å². The smallest absolute Gasteiger partial charge is 0.257 e. The molecule has 7 nitrogen and oxygen atoms in total. The summed E-state index contributed by atoms with van der Waals surface area (Å²) in [4.78, 5) is 21.8. The molecule has 1 aliphatic rings. The number of amidine groups is 1. The number of methoxy groups -OCH3 is 1. The van der Waals surface area contributed by atoms with Crippen molar-refractivity contribution in [3.8, 4) is 5.75 Å². The van der Waals surface area contributed by atoms with Gasteiger partial charge in [-0.25, -0.2) is 4.99 Å². The summed E-state index contributed by atoms with van der Waals surface area (Å²) in [5, 5.41) is 6.29. The molecule has 36 heavy (non-hydrogen) atoms. The van der Waals surface area contributed by atoms with Crippen molar-refractivity contribution in [2.24, 2.45) is 4.99 Å². The Morgan fingerprint density at radius 2 is 1.94 bits per heavy atom. The number of aliphatic imine (C=N–C) groups is 1. The predicted molar refractivity (Wildman–Crippen MR) is 151 cm³/mol. The summed E-state index contributed by atoms with van der Waals surface area (Å²) in [6.45, 7) is 15.3. The minimum atomic E-state index is -0.174. The van der Waals surface area contributed by atoms with E-state index in [-0.39, 0.29) is 5.91 Å². The lowest BCUT2D eigenvalue weighted by molar-refractivity contribution is 0.0968. The molecule has 3 rings (SSSR count). The summed E-state index contributed by atoms with van der Waals surface area (Å²) in [5.74, 6) is 1.25. The maximum absolute atomic E-state index is 12.8. The third kappa shape index (κ3) is 6.27. The van der Waals surface area contributed by atoms with Crippen molar-refractivity contribution in [3.05, 3.63) is 72.2 Å². The number of nitrogens with zero attached hydrogens (tertiary/aromatic N) is 3. The number of likely N-dealkylation sites (N-methyl/N-ethyl adjacent to an activating group) is 1. The first kappa shape index (κ1) is 26.9. The number of hydrogen-bond donors (Lipinski definition) is 2. The fourth-order valence-electron chi connectivity index (χ4n) is 4.28. The van der Waals surface area contributed by atoms with Crippen molar-refractivity contribution in [2.75, 3.05) is 41.9 Å². The normalized spacial score (nSPS) is 14.9. The molecule has 192 valence electrons. The van der Waals surface area contributed by atoms with Crippen LogP contribution < -0.4 is 25.2 Å². The second kappa shape index (κ2) is 12.8. The maximum Gasteiger partial charge on any atom is 0.257 e. The van der Waals surface area contributed by atoms with Crippen molar-refractivity contribution < 1.29 is 9.53 Å². The molecule has 1 heterocycles. The largest absolute Gasteiger partial charge is 0.494 e. The summed E-state index contributed by atoms with van der Waals surface area (Å²) < 4.78 is 5.69. The molecule has 7 heteroatoms. The Morgan fingerprint density at radius 3 is 2.64 bits per heavy atom. The minimum Gasteiger partial charge on any atom is -0.494 e. The first-order valence-corrected chi connectivity index (χ1v) is 12.7. The second-order valence-corrected chi connectivity index (χ2v) is 8.77. The molecular weight excluding hydrogens is 450 g/mol. The van der Waals surface area contributed by atoms with Gasteiger partial charge in [-0.3, -0.25) is 4.79 Å². The van der Waals surface area contributed by atoms with Gasteiger partial charge in [-0.1, -0.05) is 39.0 Å². The molecule has 0 spiro atoms. The first-order valence-electron chi connectivity index (χ1n) is 12.7. The average molecular weight is 490 g/mol. The third-order valence-corrected chi connectivity index (χ3v) is 6.17. The van der Waals surface area contributed by atoms with E-state index in [9.17, 15) is 4.79 Å². The van der Waals surface area contributed by atoms with Crippen LogP contribution in [0.15, 0.2) is 71.6 Å². The number of amides is 1. The fourth-order valence-corrected chi connectivity index (χ4v) is 4.28. The maximum atomic E-state index is 12.8. The van der Waals surface area contributed by atoms with Crippen molar-refractivity contribution in [1.82, 2.24) is 5.32 Å². The molecule has 0 saturated heterocycles. The number of carbonyl (C=O) groups excluding carboxylic acids is 1. The van der Waals surface area contributed by atoms with Gasteiger partial charge in [0.2, 0.25) is 0 Å². The van der Waals surface area contributed by atoms with Crippen LogP contribution >= 0.6 is 0 Å². The molecule has 0 radical (unpaired) electrons. The summed E-state index contributed by atoms with van der Waals surface area (Å²) in [7, 11) is 1.68. The van der Waals surface area contributed by atoms with E-state index >= 15 is 0 Å². The monoisotopic (exact) mass is 489 g/mol. The van der Waals surface area contributed by atoms with Gasteiger partial charge in [-0.2, -0.15) is 0 Å². The van der Waals surface area contributed by atoms with Crippen LogP contribution in [-0.4, -0.2) is 38.5 Å². The molecule has 0 bridgehead atoms. The molecule has 0 fully saturated rings. The van der Waals surface area contributed by atoms with E-state index in [4.69, 9.17) is 4.74 Å². The third-order valence-electron chi connectivity index (χ3n) is 6.17. The van der Waals surface area contributed by atoms with Crippen molar-refractivity contribution in [1.29, 1.82) is 0 Å².